The van der Waals surface area contributed by atoms with Gasteiger partial charge in [0.2, 0.25) is 0 Å². The van der Waals surface area contributed by atoms with Crippen LogP contribution < -0.4 is 5.19 Å². The molecule has 3 aromatic heterocycles. The Morgan fingerprint density at radius 2 is 1.63 bits per heavy atom. The molecule has 0 aliphatic heterocycles. The quantitative estimate of drug-likeness (QED) is 0.133. The third-order valence-electron chi connectivity index (χ3n) is 7.04. The van der Waals surface area contributed by atoms with Crippen molar-refractivity contribution in [2.24, 2.45) is 0 Å². The third-order valence-corrected chi connectivity index (χ3v) is 10.4. The Balaban J connectivity index is 0.000000200. The third kappa shape index (κ3) is 6.93. The Hall–Kier alpha value is -2.95. The largest absolute Gasteiger partial charge is 0.305 e. The predicted octanol–water partition coefficient (Wildman–Crippen LogP) is 9.75. The molecule has 5 heteroatoms. The van der Waals surface area contributed by atoms with E-state index in [0.717, 1.165) is 33.6 Å². The average molecular weight is 750 g/mol. The summed E-state index contributed by atoms with van der Waals surface area (Å²) in [6, 6.07) is 31.5. The van der Waals surface area contributed by atoms with Crippen LogP contribution in [0, 0.1) is 26.0 Å². The van der Waals surface area contributed by atoms with Gasteiger partial charge in [-0.2, -0.15) is 11.3 Å². The zero-order valence-corrected chi connectivity index (χ0v) is 28.9. The van der Waals surface area contributed by atoms with Crippen LogP contribution in [0.25, 0.3) is 42.7 Å². The van der Waals surface area contributed by atoms with Crippen LogP contribution in [0.1, 0.15) is 37.8 Å². The van der Waals surface area contributed by atoms with E-state index in [1.807, 2.05) is 44.2 Å². The summed E-state index contributed by atoms with van der Waals surface area (Å²) in [5.41, 5.74) is 7.45. The van der Waals surface area contributed by atoms with Crippen molar-refractivity contribution >= 4 is 44.8 Å². The minimum atomic E-state index is -1.27. The van der Waals surface area contributed by atoms with Crippen molar-refractivity contribution < 1.29 is 21.5 Å². The molecule has 0 atom stereocenters. The van der Waals surface area contributed by atoms with E-state index in [-0.39, 0.29) is 20.1 Å². The van der Waals surface area contributed by atoms with Gasteiger partial charge in [0.25, 0.3) is 0 Å². The number of hydrogen-bond donors (Lipinski definition) is 0. The molecule has 6 aromatic rings. The summed E-state index contributed by atoms with van der Waals surface area (Å²) < 4.78 is 10.8. The molecule has 211 valence electrons. The molecule has 0 amide bonds. The Kier molecular flexibility index (Phi) is 9.30. The molecule has 3 heterocycles. The Labute approximate surface area is 264 Å². The molecule has 0 fully saturated rings. The Bertz CT molecular complexity index is 1840. The second-order valence-electron chi connectivity index (χ2n) is 11.5. The smallest absolute Gasteiger partial charge is 0.0798 e. The van der Waals surface area contributed by atoms with E-state index in [9.17, 15) is 0 Å². The van der Waals surface area contributed by atoms with Crippen LogP contribution >= 0.6 is 11.3 Å². The van der Waals surface area contributed by atoms with Crippen LogP contribution in [0.4, 0.5) is 0 Å². The van der Waals surface area contributed by atoms with Crippen molar-refractivity contribution in [2.45, 2.75) is 53.2 Å². The van der Waals surface area contributed by atoms with E-state index in [1.54, 1.807) is 17.5 Å². The first-order chi connectivity index (χ1) is 19.4. The van der Waals surface area contributed by atoms with Gasteiger partial charge in [-0.05, 0) is 51.6 Å². The van der Waals surface area contributed by atoms with Crippen LogP contribution in [0.15, 0.2) is 85.2 Å². The summed E-state index contributed by atoms with van der Waals surface area (Å²) >= 11 is 1.79. The number of rotatable bonds is 4. The van der Waals surface area contributed by atoms with E-state index >= 15 is 0 Å². The number of thiophene rings is 1. The Morgan fingerprint density at radius 3 is 2.32 bits per heavy atom. The molecule has 0 aliphatic rings. The van der Waals surface area contributed by atoms with Crippen molar-refractivity contribution in [2.75, 3.05) is 0 Å². The topological polar surface area (TPSA) is 25.8 Å². The van der Waals surface area contributed by atoms with E-state index in [4.69, 9.17) is 1.37 Å². The number of pyridine rings is 2. The van der Waals surface area contributed by atoms with Crippen molar-refractivity contribution in [3.05, 3.63) is 114 Å². The van der Waals surface area contributed by atoms with Crippen LogP contribution in [-0.4, -0.2) is 18.0 Å². The van der Waals surface area contributed by atoms with Gasteiger partial charge in [0.15, 0.2) is 0 Å². The molecule has 0 aliphatic carbocycles. The number of hydrogen-bond acceptors (Lipinski definition) is 3. The van der Waals surface area contributed by atoms with Gasteiger partial charge < -0.3 is 9.97 Å². The normalized spacial score (nSPS) is 11.9. The number of benzene rings is 3. The summed E-state index contributed by atoms with van der Waals surface area (Å²) in [7, 11) is -1.27. The fraction of sp³-hybridized carbons (Fsp3) is 0.222. The fourth-order valence-electron chi connectivity index (χ4n) is 5.00. The van der Waals surface area contributed by atoms with Gasteiger partial charge in [-0.3, -0.25) is 0 Å². The molecule has 0 unspecified atom stereocenters. The first-order valence-corrected chi connectivity index (χ1v) is 18.0. The molecular formula is C36H36IrN2SSi-2. The minimum absolute atomic E-state index is 0. The van der Waals surface area contributed by atoms with Gasteiger partial charge in [-0.15, -0.1) is 59.2 Å². The van der Waals surface area contributed by atoms with Gasteiger partial charge in [-0.1, -0.05) is 87.3 Å². The second kappa shape index (κ2) is 12.9. The summed E-state index contributed by atoms with van der Waals surface area (Å²) in [4.78, 5) is 9.16. The van der Waals surface area contributed by atoms with Crippen LogP contribution in [-0.2, 0) is 20.1 Å². The van der Waals surface area contributed by atoms with E-state index in [0.29, 0.717) is 0 Å². The molecule has 41 heavy (non-hydrogen) atoms. The molecule has 0 bridgehead atoms. The molecule has 6 rings (SSSR count). The standard InChI is InChI=1S/C21H18NS.C15H18NSi.Ir/c1-13(2)15-8-9-22-19(12-15)18-11-14(3)10-17-16-6-4-5-7-20(16)23-21(17)18;1-12-10-14(13-8-6-5-7-9-13)16-11-15(12)17(2,3)4;/h4-10,12-13H,1-3H3;5-8,10-11H,1-4H3;/q2*-1;/i13D;;. The molecule has 3 aromatic carbocycles. The zero-order chi connectivity index (χ0) is 29.4. The van der Waals surface area contributed by atoms with Crippen LogP contribution in [0.2, 0.25) is 19.6 Å². The van der Waals surface area contributed by atoms with E-state index < -0.39 is 14.0 Å². The maximum atomic E-state index is 8.29. The van der Waals surface area contributed by atoms with Gasteiger partial charge in [0, 0.05) is 38.6 Å². The SMILES string of the molecule is Cc1cc(-c2[c-]cccc2)ncc1[Si](C)(C)C.[2H]C(C)(C)c1ccnc(-c2[c-]c(C)cc3c2sc2ccccc23)c1.[Ir]. The summed E-state index contributed by atoms with van der Waals surface area (Å²) in [5.74, 6) is -0.638. The predicted molar refractivity (Wildman–Crippen MR) is 176 cm³/mol. The van der Waals surface area contributed by atoms with Gasteiger partial charge in [0.05, 0.1) is 8.07 Å². The monoisotopic (exact) mass is 750 g/mol. The number of aryl methyl sites for hydroxylation is 2. The summed E-state index contributed by atoms with van der Waals surface area (Å²) in [5, 5.41) is 3.99. The minimum Gasteiger partial charge on any atom is -0.305 e. The maximum absolute atomic E-state index is 8.29. The van der Waals surface area contributed by atoms with Gasteiger partial charge >= 0.3 is 0 Å². The molecule has 0 spiro atoms. The van der Waals surface area contributed by atoms with Crippen molar-refractivity contribution in [3.63, 3.8) is 0 Å². The number of nitrogens with zero attached hydrogens (tertiary/aromatic N) is 2. The first-order valence-electron chi connectivity index (χ1n) is 14.2. The van der Waals surface area contributed by atoms with Crippen LogP contribution in [0.3, 0.4) is 0 Å². The van der Waals surface area contributed by atoms with Gasteiger partial charge in [-0.25, -0.2) is 0 Å². The van der Waals surface area contributed by atoms with Crippen molar-refractivity contribution in [1.82, 2.24) is 9.97 Å². The molecule has 2 nitrogen and oxygen atoms in total. The molecule has 0 N–H and O–H groups in total. The van der Waals surface area contributed by atoms with Crippen molar-refractivity contribution in [3.8, 4) is 22.5 Å². The summed E-state index contributed by atoms with van der Waals surface area (Å²) in [6.07, 6.45) is 3.86. The molecule has 0 saturated heterocycles. The molecule has 0 saturated carbocycles. The fourth-order valence-corrected chi connectivity index (χ4v) is 7.90. The maximum Gasteiger partial charge on any atom is 0.0798 e. The van der Waals surface area contributed by atoms with Crippen molar-refractivity contribution in [1.29, 1.82) is 0 Å². The molecular weight excluding hydrogens is 713 g/mol. The second-order valence-corrected chi connectivity index (χ2v) is 17.6. The van der Waals surface area contributed by atoms with Gasteiger partial charge in [0.1, 0.15) is 0 Å². The number of aromatic nitrogens is 2. The van der Waals surface area contributed by atoms with Crippen LogP contribution in [0.5, 0.6) is 0 Å². The zero-order valence-electron chi connectivity index (χ0n) is 25.7. The average Bonchev–Trinajstić information content (AvgIpc) is 3.31. The first kappa shape index (κ1) is 29.5. The molecule has 1 radical (unpaired) electrons. The van der Waals surface area contributed by atoms with E-state index in [2.05, 4.69) is 104 Å². The summed E-state index contributed by atoms with van der Waals surface area (Å²) in [6.45, 7) is 15.1. The Morgan fingerprint density at radius 1 is 0.878 bits per heavy atom. The van der Waals surface area contributed by atoms with E-state index in [1.165, 1.54) is 30.9 Å². The number of fused-ring (bicyclic) bond motifs is 3.